The van der Waals surface area contributed by atoms with Gasteiger partial charge in [0.25, 0.3) is 5.91 Å². The molecule has 2 N–H and O–H groups in total. The molecule has 0 saturated carbocycles. The summed E-state index contributed by atoms with van der Waals surface area (Å²) in [6.45, 7) is 2.89. The van der Waals surface area contributed by atoms with Crippen LogP contribution >= 0.6 is 0 Å². The molecule has 4 rings (SSSR count). The summed E-state index contributed by atoms with van der Waals surface area (Å²) in [6.07, 6.45) is 5.83. The number of amides is 1. The Morgan fingerprint density at radius 2 is 1.97 bits per heavy atom. The number of hydrogen-bond acceptors (Lipinski definition) is 7. The number of fused-ring (bicyclic) bond motifs is 1. The summed E-state index contributed by atoms with van der Waals surface area (Å²) in [5, 5.41) is 6.95. The van der Waals surface area contributed by atoms with E-state index in [0.717, 1.165) is 46.5 Å². The molecule has 3 heterocycles. The van der Waals surface area contributed by atoms with Crippen LogP contribution in [0.2, 0.25) is 0 Å². The first-order valence-electron chi connectivity index (χ1n) is 10.8. The van der Waals surface area contributed by atoms with Crippen molar-refractivity contribution in [3.8, 4) is 17.1 Å². The van der Waals surface area contributed by atoms with E-state index >= 15 is 0 Å². The molecule has 0 spiro atoms. The Labute approximate surface area is 192 Å². The second-order valence-electron chi connectivity index (χ2n) is 7.68. The molecule has 1 amide bonds. The Balaban J connectivity index is 1.45. The molecule has 0 bridgehead atoms. The van der Waals surface area contributed by atoms with Gasteiger partial charge >= 0.3 is 0 Å². The van der Waals surface area contributed by atoms with Crippen LogP contribution in [0.4, 0.5) is 5.82 Å². The van der Waals surface area contributed by atoms with Crippen molar-refractivity contribution in [1.82, 2.24) is 25.3 Å². The number of ether oxygens (including phenoxy) is 1. The molecule has 8 heteroatoms. The third-order valence-corrected chi connectivity index (χ3v) is 5.60. The average Bonchev–Trinajstić information content (AvgIpc) is 2.87. The van der Waals surface area contributed by atoms with Crippen LogP contribution in [0.1, 0.15) is 35.2 Å². The standard InChI is InChI=1S/C25H26N6O2/c1-16(18-5-4-6-19-20(25(32)26-2)10-12-28-24(18)19)9-11-27-22-13-21(30-15-31-22)17-7-8-23(33-3)29-14-17/h4-8,10,12-16H,9,11H2,1-3H3,(H,26,32)(H,27,30,31). The lowest BCUT2D eigenvalue weighted by Gasteiger charge is -2.16. The Morgan fingerprint density at radius 3 is 2.73 bits per heavy atom. The number of nitrogens with zero attached hydrogens (tertiary/aromatic N) is 4. The molecule has 168 valence electrons. The van der Waals surface area contributed by atoms with Crippen LogP contribution in [-0.2, 0) is 0 Å². The molecule has 1 aromatic carbocycles. The lowest BCUT2D eigenvalue weighted by Crippen LogP contribution is -2.18. The SMILES string of the molecule is CNC(=O)c1ccnc2c(C(C)CCNc3cc(-c4ccc(OC)nc4)ncn3)cccc12. The van der Waals surface area contributed by atoms with E-state index in [2.05, 4.69) is 43.6 Å². The van der Waals surface area contributed by atoms with Gasteiger partial charge in [0, 0.05) is 49.1 Å². The molecule has 4 aromatic rings. The topological polar surface area (TPSA) is 102 Å². The fourth-order valence-corrected chi connectivity index (χ4v) is 3.77. The molecular formula is C25H26N6O2. The quantitative estimate of drug-likeness (QED) is 0.424. The molecular weight excluding hydrogens is 416 g/mol. The molecule has 0 aliphatic heterocycles. The summed E-state index contributed by atoms with van der Waals surface area (Å²) >= 11 is 0. The first-order valence-corrected chi connectivity index (χ1v) is 10.8. The lowest BCUT2D eigenvalue weighted by molar-refractivity contribution is 0.0964. The highest BCUT2D eigenvalue weighted by Gasteiger charge is 2.15. The van der Waals surface area contributed by atoms with Gasteiger partial charge in [-0.05, 0) is 30.0 Å². The van der Waals surface area contributed by atoms with E-state index in [9.17, 15) is 4.79 Å². The molecule has 0 aliphatic carbocycles. The maximum absolute atomic E-state index is 12.2. The van der Waals surface area contributed by atoms with Gasteiger partial charge in [0.15, 0.2) is 0 Å². The zero-order valence-corrected chi connectivity index (χ0v) is 18.9. The minimum absolute atomic E-state index is 0.111. The van der Waals surface area contributed by atoms with Crippen molar-refractivity contribution in [2.24, 2.45) is 0 Å². The lowest BCUT2D eigenvalue weighted by atomic mass is 9.94. The Bertz CT molecular complexity index is 1260. The van der Waals surface area contributed by atoms with E-state index in [-0.39, 0.29) is 11.8 Å². The van der Waals surface area contributed by atoms with E-state index < -0.39 is 0 Å². The molecule has 1 atom stereocenters. The summed E-state index contributed by atoms with van der Waals surface area (Å²) in [7, 11) is 3.22. The van der Waals surface area contributed by atoms with E-state index in [1.165, 1.54) is 0 Å². The van der Waals surface area contributed by atoms with Gasteiger partial charge in [-0.3, -0.25) is 9.78 Å². The second-order valence-corrected chi connectivity index (χ2v) is 7.68. The molecule has 33 heavy (non-hydrogen) atoms. The van der Waals surface area contributed by atoms with Crippen molar-refractivity contribution >= 4 is 22.6 Å². The van der Waals surface area contributed by atoms with Crippen LogP contribution in [0.25, 0.3) is 22.2 Å². The normalized spacial score (nSPS) is 11.7. The van der Waals surface area contributed by atoms with Crippen LogP contribution in [0, 0.1) is 0 Å². The molecule has 3 aromatic heterocycles. The molecule has 0 fully saturated rings. The predicted molar refractivity (Wildman–Crippen MR) is 128 cm³/mol. The fourth-order valence-electron chi connectivity index (χ4n) is 3.77. The van der Waals surface area contributed by atoms with Gasteiger partial charge in [-0.2, -0.15) is 0 Å². The van der Waals surface area contributed by atoms with Gasteiger partial charge in [-0.1, -0.05) is 25.1 Å². The first-order chi connectivity index (χ1) is 16.1. The Kier molecular flexibility index (Phi) is 6.73. The van der Waals surface area contributed by atoms with Gasteiger partial charge in [-0.25, -0.2) is 15.0 Å². The smallest absolute Gasteiger partial charge is 0.251 e. The highest BCUT2D eigenvalue weighted by Crippen LogP contribution is 2.28. The van der Waals surface area contributed by atoms with Crippen molar-refractivity contribution in [2.75, 3.05) is 26.0 Å². The van der Waals surface area contributed by atoms with Crippen LogP contribution in [0.3, 0.4) is 0 Å². The number of hydrogen-bond donors (Lipinski definition) is 2. The predicted octanol–water partition coefficient (Wildman–Crippen LogP) is 4.06. The second kappa shape index (κ2) is 10.0. The van der Waals surface area contributed by atoms with Gasteiger partial charge in [-0.15, -0.1) is 0 Å². The summed E-state index contributed by atoms with van der Waals surface area (Å²) in [5.41, 5.74) is 4.30. The zero-order valence-electron chi connectivity index (χ0n) is 18.9. The third kappa shape index (κ3) is 4.90. The van der Waals surface area contributed by atoms with Crippen LogP contribution < -0.4 is 15.4 Å². The van der Waals surface area contributed by atoms with Gasteiger partial charge < -0.3 is 15.4 Å². The van der Waals surface area contributed by atoms with Crippen molar-refractivity contribution in [3.63, 3.8) is 0 Å². The summed E-state index contributed by atoms with van der Waals surface area (Å²) in [6, 6.07) is 13.4. The van der Waals surface area contributed by atoms with E-state index in [1.807, 2.05) is 24.3 Å². The Hall–Kier alpha value is -4.07. The third-order valence-electron chi connectivity index (χ3n) is 5.60. The van der Waals surface area contributed by atoms with Crippen molar-refractivity contribution in [1.29, 1.82) is 0 Å². The highest BCUT2D eigenvalue weighted by atomic mass is 16.5. The van der Waals surface area contributed by atoms with Crippen molar-refractivity contribution < 1.29 is 9.53 Å². The number of rotatable bonds is 8. The molecule has 0 radical (unpaired) electrons. The number of nitrogens with one attached hydrogen (secondary N) is 2. The zero-order chi connectivity index (χ0) is 23.2. The number of pyridine rings is 2. The van der Waals surface area contributed by atoms with E-state index in [0.29, 0.717) is 11.4 Å². The van der Waals surface area contributed by atoms with Crippen LogP contribution in [0.5, 0.6) is 5.88 Å². The summed E-state index contributed by atoms with van der Waals surface area (Å²) in [5.74, 6) is 1.44. The van der Waals surface area contributed by atoms with Gasteiger partial charge in [0.05, 0.1) is 23.9 Å². The van der Waals surface area contributed by atoms with Crippen molar-refractivity contribution in [3.05, 3.63) is 72.3 Å². The van der Waals surface area contributed by atoms with Gasteiger partial charge in [0.2, 0.25) is 5.88 Å². The largest absolute Gasteiger partial charge is 0.481 e. The molecule has 0 saturated heterocycles. The number of carbonyl (C=O) groups is 1. The molecule has 8 nitrogen and oxygen atoms in total. The first kappa shape index (κ1) is 22.1. The number of methoxy groups -OCH3 is 1. The number of para-hydroxylation sites is 1. The number of carbonyl (C=O) groups excluding carboxylic acids is 1. The maximum Gasteiger partial charge on any atom is 0.251 e. The molecule has 1 unspecified atom stereocenters. The average molecular weight is 443 g/mol. The molecule has 0 aliphatic rings. The minimum atomic E-state index is -0.111. The maximum atomic E-state index is 12.2. The van der Waals surface area contributed by atoms with Gasteiger partial charge in [0.1, 0.15) is 12.1 Å². The highest BCUT2D eigenvalue weighted by molar-refractivity contribution is 6.06. The van der Waals surface area contributed by atoms with Crippen LogP contribution in [-0.4, -0.2) is 46.5 Å². The van der Waals surface area contributed by atoms with Crippen molar-refractivity contribution in [2.45, 2.75) is 19.3 Å². The summed E-state index contributed by atoms with van der Waals surface area (Å²) in [4.78, 5) is 29.7. The van der Waals surface area contributed by atoms with E-state index in [1.54, 1.807) is 45.0 Å². The fraction of sp³-hybridized carbons (Fsp3) is 0.240. The Morgan fingerprint density at radius 1 is 1.09 bits per heavy atom. The monoisotopic (exact) mass is 442 g/mol. The van der Waals surface area contributed by atoms with Crippen LogP contribution in [0.15, 0.2) is 61.2 Å². The number of aromatic nitrogens is 4. The number of benzene rings is 1. The minimum Gasteiger partial charge on any atom is -0.481 e. The van der Waals surface area contributed by atoms with E-state index in [4.69, 9.17) is 4.74 Å². The summed E-state index contributed by atoms with van der Waals surface area (Å²) < 4.78 is 5.11. The number of anilines is 1.